The van der Waals surface area contributed by atoms with E-state index in [1.807, 2.05) is 18.2 Å². The molecule has 118 valence electrons. The van der Waals surface area contributed by atoms with Crippen LogP contribution in [0.1, 0.15) is 26.3 Å². The lowest BCUT2D eigenvalue weighted by atomic mass is 10.0. The Morgan fingerprint density at radius 2 is 1.46 bits per heavy atom. The minimum Gasteiger partial charge on any atom is -0.478 e. The van der Waals surface area contributed by atoms with Gasteiger partial charge in [-0.3, -0.25) is 4.79 Å². The van der Waals surface area contributed by atoms with E-state index in [2.05, 4.69) is 4.98 Å². The van der Waals surface area contributed by atoms with Crippen LogP contribution < -0.4 is 0 Å². The number of hydrogen-bond donors (Lipinski definition) is 1. The van der Waals surface area contributed by atoms with Crippen molar-refractivity contribution in [3.8, 4) is 11.3 Å². The van der Waals surface area contributed by atoms with E-state index in [1.54, 1.807) is 42.5 Å². The standard InChI is InChI=1S/C19H12ClNO3/c20-18-15(19(23)24)10-11-16(21-18)12-6-8-14(9-7-12)17(22)13-4-2-1-3-5-13/h1-11H,(H,23,24). The summed E-state index contributed by atoms with van der Waals surface area (Å²) in [5.74, 6) is -1.18. The molecule has 0 spiro atoms. The van der Waals surface area contributed by atoms with Gasteiger partial charge < -0.3 is 5.11 Å². The first-order valence-corrected chi connectivity index (χ1v) is 7.54. The van der Waals surface area contributed by atoms with Crippen LogP contribution in [0, 0.1) is 0 Å². The van der Waals surface area contributed by atoms with Crippen LogP contribution in [0.3, 0.4) is 0 Å². The van der Waals surface area contributed by atoms with Crippen LogP contribution in [0.2, 0.25) is 5.15 Å². The van der Waals surface area contributed by atoms with Crippen LogP contribution in [0.15, 0.2) is 66.7 Å². The third-order valence-electron chi connectivity index (χ3n) is 3.56. The molecule has 1 aromatic heterocycles. The first kappa shape index (κ1) is 15.9. The Morgan fingerprint density at radius 3 is 2.04 bits per heavy atom. The molecule has 3 aromatic rings. The summed E-state index contributed by atoms with van der Waals surface area (Å²) in [6, 6.07) is 19.0. The SMILES string of the molecule is O=C(c1ccccc1)c1ccc(-c2ccc(C(=O)O)c(Cl)n2)cc1. The van der Waals surface area contributed by atoms with E-state index in [1.165, 1.54) is 6.07 Å². The van der Waals surface area contributed by atoms with Gasteiger partial charge in [0, 0.05) is 16.7 Å². The summed E-state index contributed by atoms with van der Waals surface area (Å²) in [4.78, 5) is 27.4. The molecular weight excluding hydrogens is 326 g/mol. The highest BCUT2D eigenvalue weighted by atomic mass is 35.5. The fourth-order valence-electron chi connectivity index (χ4n) is 2.30. The third kappa shape index (κ3) is 3.19. The zero-order valence-corrected chi connectivity index (χ0v) is 13.2. The van der Waals surface area contributed by atoms with Gasteiger partial charge in [0.2, 0.25) is 0 Å². The number of hydrogen-bond acceptors (Lipinski definition) is 3. The van der Waals surface area contributed by atoms with E-state index in [9.17, 15) is 9.59 Å². The number of carbonyl (C=O) groups is 2. The Bertz CT molecular complexity index is 906. The summed E-state index contributed by atoms with van der Waals surface area (Å²) >= 11 is 5.89. The summed E-state index contributed by atoms with van der Waals surface area (Å²) < 4.78 is 0. The quantitative estimate of drug-likeness (QED) is 0.568. The lowest BCUT2D eigenvalue weighted by Crippen LogP contribution is -2.01. The van der Waals surface area contributed by atoms with Gasteiger partial charge >= 0.3 is 5.97 Å². The molecule has 0 amide bonds. The zero-order valence-electron chi connectivity index (χ0n) is 12.4. The molecule has 0 aliphatic rings. The molecule has 0 aliphatic heterocycles. The van der Waals surface area contributed by atoms with Gasteiger partial charge in [0.1, 0.15) is 5.15 Å². The Hall–Kier alpha value is -2.98. The third-order valence-corrected chi connectivity index (χ3v) is 3.85. The van der Waals surface area contributed by atoms with Gasteiger partial charge in [-0.05, 0) is 12.1 Å². The molecule has 1 N–H and O–H groups in total. The Morgan fingerprint density at radius 1 is 0.833 bits per heavy atom. The summed E-state index contributed by atoms with van der Waals surface area (Å²) in [6.45, 7) is 0. The maximum absolute atomic E-state index is 12.4. The van der Waals surface area contributed by atoms with Gasteiger partial charge in [-0.25, -0.2) is 9.78 Å². The molecule has 3 rings (SSSR count). The number of benzene rings is 2. The van der Waals surface area contributed by atoms with E-state index in [-0.39, 0.29) is 16.5 Å². The van der Waals surface area contributed by atoms with Crippen molar-refractivity contribution in [3.05, 3.63) is 88.6 Å². The number of nitrogens with zero attached hydrogens (tertiary/aromatic N) is 1. The number of carboxylic acid groups (broad SMARTS) is 1. The molecule has 5 heteroatoms. The minimum absolute atomic E-state index is 0.0451. The molecule has 4 nitrogen and oxygen atoms in total. The molecule has 1 heterocycles. The molecule has 0 saturated carbocycles. The van der Waals surface area contributed by atoms with Crippen LogP contribution in [0.25, 0.3) is 11.3 Å². The monoisotopic (exact) mass is 337 g/mol. The number of rotatable bonds is 4. The number of carboxylic acids is 1. The Kier molecular flexibility index (Phi) is 4.40. The van der Waals surface area contributed by atoms with Crippen molar-refractivity contribution in [2.45, 2.75) is 0 Å². The largest absolute Gasteiger partial charge is 0.478 e. The van der Waals surface area contributed by atoms with Gasteiger partial charge in [0.05, 0.1) is 11.3 Å². The van der Waals surface area contributed by atoms with Crippen molar-refractivity contribution < 1.29 is 14.7 Å². The number of halogens is 1. The topological polar surface area (TPSA) is 67.3 Å². The molecule has 0 radical (unpaired) electrons. The van der Waals surface area contributed by atoms with Crippen LogP contribution in [-0.2, 0) is 0 Å². The molecule has 0 saturated heterocycles. The Labute approximate surface area is 143 Å². The molecule has 0 bridgehead atoms. The fraction of sp³-hybridized carbons (Fsp3) is 0. The van der Waals surface area contributed by atoms with Crippen molar-refractivity contribution in [1.29, 1.82) is 0 Å². The molecule has 0 fully saturated rings. The Balaban J connectivity index is 1.89. The smallest absolute Gasteiger partial charge is 0.338 e. The van der Waals surface area contributed by atoms with E-state index in [0.717, 1.165) is 5.56 Å². The van der Waals surface area contributed by atoms with Gasteiger partial charge in [0.15, 0.2) is 5.78 Å². The molecule has 0 atom stereocenters. The molecule has 0 aliphatic carbocycles. The van der Waals surface area contributed by atoms with Gasteiger partial charge in [-0.15, -0.1) is 0 Å². The van der Waals surface area contributed by atoms with E-state index >= 15 is 0 Å². The van der Waals surface area contributed by atoms with Crippen molar-refractivity contribution in [3.63, 3.8) is 0 Å². The summed E-state index contributed by atoms with van der Waals surface area (Å²) in [5.41, 5.74) is 2.44. The molecular formula is C19H12ClNO3. The highest BCUT2D eigenvalue weighted by Crippen LogP contribution is 2.23. The van der Waals surface area contributed by atoms with Crippen LogP contribution in [0.4, 0.5) is 0 Å². The zero-order chi connectivity index (χ0) is 17.1. The van der Waals surface area contributed by atoms with E-state index in [0.29, 0.717) is 16.8 Å². The molecule has 2 aromatic carbocycles. The number of aromatic nitrogens is 1. The highest BCUT2D eigenvalue weighted by Gasteiger charge is 2.12. The summed E-state index contributed by atoms with van der Waals surface area (Å²) in [5, 5.41) is 8.91. The average molecular weight is 338 g/mol. The minimum atomic E-state index is -1.12. The second-order valence-corrected chi connectivity index (χ2v) is 5.47. The van der Waals surface area contributed by atoms with Crippen molar-refractivity contribution in [2.24, 2.45) is 0 Å². The summed E-state index contributed by atoms with van der Waals surface area (Å²) in [7, 11) is 0. The van der Waals surface area contributed by atoms with Gasteiger partial charge in [-0.1, -0.05) is 66.2 Å². The van der Waals surface area contributed by atoms with Crippen molar-refractivity contribution in [2.75, 3.05) is 0 Å². The molecule has 0 unspecified atom stereocenters. The maximum Gasteiger partial charge on any atom is 0.338 e. The van der Waals surface area contributed by atoms with E-state index < -0.39 is 5.97 Å². The summed E-state index contributed by atoms with van der Waals surface area (Å²) in [6.07, 6.45) is 0. The highest BCUT2D eigenvalue weighted by molar-refractivity contribution is 6.32. The lowest BCUT2D eigenvalue weighted by Gasteiger charge is -2.05. The van der Waals surface area contributed by atoms with Crippen LogP contribution >= 0.6 is 11.6 Å². The van der Waals surface area contributed by atoms with Crippen LogP contribution in [0.5, 0.6) is 0 Å². The second-order valence-electron chi connectivity index (χ2n) is 5.11. The number of ketones is 1. The van der Waals surface area contributed by atoms with Crippen LogP contribution in [-0.4, -0.2) is 21.8 Å². The predicted octanol–water partition coefficient (Wildman–Crippen LogP) is 4.33. The average Bonchev–Trinajstić information content (AvgIpc) is 2.61. The maximum atomic E-state index is 12.4. The first-order valence-electron chi connectivity index (χ1n) is 7.16. The molecule has 24 heavy (non-hydrogen) atoms. The second kappa shape index (κ2) is 6.64. The number of aromatic carboxylic acids is 1. The normalized spacial score (nSPS) is 10.4. The predicted molar refractivity (Wildman–Crippen MR) is 91.5 cm³/mol. The van der Waals surface area contributed by atoms with Gasteiger partial charge in [-0.2, -0.15) is 0 Å². The van der Waals surface area contributed by atoms with Crippen molar-refractivity contribution >= 4 is 23.4 Å². The first-order chi connectivity index (χ1) is 11.6. The van der Waals surface area contributed by atoms with E-state index in [4.69, 9.17) is 16.7 Å². The number of pyridine rings is 1. The van der Waals surface area contributed by atoms with Gasteiger partial charge in [0.25, 0.3) is 0 Å². The lowest BCUT2D eigenvalue weighted by molar-refractivity contribution is 0.0696. The van der Waals surface area contributed by atoms with Crippen molar-refractivity contribution in [1.82, 2.24) is 4.98 Å². The number of carbonyl (C=O) groups excluding carboxylic acids is 1. The fourth-order valence-corrected chi connectivity index (χ4v) is 2.54.